The monoisotopic (exact) mass is 270 g/mol. The molecule has 2 aromatic heterocycles. The van der Waals surface area contributed by atoms with Gasteiger partial charge in [0, 0.05) is 12.1 Å². The Bertz CT molecular complexity index is 759. The van der Waals surface area contributed by atoms with Crippen molar-refractivity contribution in [2.75, 3.05) is 0 Å². The smallest absolute Gasteiger partial charge is 0.354 e. The highest BCUT2D eigenvalue weighted by molar-refractivity contribution is 5.87. The van der Waals surface area contributed by atoms with Gasteiger partial charge in [-0.05, 0) is 24.3 Å². The quantitative estimate of drug-likeness (QED) is 0.763. The van der Waals surface area contributed by atoms with Crippen LogP contribution in [-0.2, 0) is 0 Å². The molecule has 0 aliphatic carbocycles. The van der Waals surface area contributed by atoms with Crippen LogP contribution in [0.15, 0.2) is 53.1 Å². The Morgan fingerprint density at radius 2 is 2.05 bits per heavy atom. The number of phenols is 1. The molecule has 2 heterocycles. The van der Waals surface area contributed by atoms with Crippen LogP contribution in [0.3, 0.4) is 0 Å². The van der Waals surface area contributed by atoms with Crippen LogP contribution in [0.5, 0.6) is 5.75 Å². The van der Waals surface area contributed by atoms with Crippen molar-refractivity contribution in [1.29, 1.82) is 0 Å². The Morgan fingerprint density at radius 1 is 1.20 bits per heavy atom. The maximum atomic E-state index is 11.3. The second-order valence-corrected chi connectivity index (χ2v) is 4.13. The zero-order valence-electron chi connectivity index (χ0n) is 10.2. The maximum absolute atomic E-state index is 11.3. The lowest BCUT2D eigenvalue weighted by Gasteiger charge is -2.04. The molecule has 0 atom stereocenters. The van der Waals surface area contributed by atoms with Gasteiger partial charge < -0.3 is 14.6 Å². The molecular formula is C14H10N2O4. The lowest BCUT2D eigenvalue weighted by Crippen LogP contribution is -2.07. The highest BCUT2D eigenvalue weighted by atomic mass is 16.4. The minimum Gasteiger partial charge on any atom is -0.508 e. The van der Waals surface area contributed by atoms with E-state index in [1.165, 1.54) is 29.1 Å². The molecule has 6 heteroatoms. The Labute approximate surface area is 113 Å². The second-order valence-electron chi connectivity index (χ2n) is 4.13. The van der Waals surface area contributed by atoms with Crippen LogP contribution < -0.4 is 0 Å². The fourth-order valence-corrected chi connectivity index (χ4v) is 1.90. The summed E-state index contributed by atoms with van der Waals surface area (Å²) in [5.74, 6) is -0.598. The molecule has 0 fully saturated rings. The molecule has 0 amide bonds. The molecule has 0 bridgehead atoms. The van der Waals surface area contributed by atoms with Crippen molar-refractivity contribution >= 4 is 5.97 Å². The molecule has 6 nitrogen and oxygen atoms in total. The second kappa shape index (κ2) is 4.58. The van der Waals surface area contributed by atoms with Crippen molar-refractivity contribution in [2.24, 2.45) is 0 Å². The zero-order valence-corrected chi connectivity index (χ0v) is 10.2. The molecule has 0 saturated carbocycles. The molecule has 0 spiro atoms. The minimum atomic E-state index is -1.11. The maximum Gasteiger partial charge on any atom is 0.354 e. The molecule has 0 saturated heterocycles. The van der Waals surface area contributed by atoms with Crippen molar-refractivity contribution in [3.8, 4) is 22.9 Å². The average molecular weight is 270 g/mol. The first-order valence-corrected chi connectivity index (χ1v) is 5.82. The Balaban J connectivity index is 2.17. The summed E-state index contributed by atoms with van der Waals surface area (Å²) in [6, 6.07) is 11.0. The number of aromatic carboxylic acids is 1. The van der Waals surface area contributed by atoms with E-state index in [1.807, 2.05) is 0 Å². The van der Waals surface area contributed by atoms with Crippen LogP contribution in [0.1, 0.15) is 10.5 Å². The van der Waals surface area contributed by atoms with Crippen LogP contribution in [0.2, 0.25) is 0 Å². The van der Waals surface area contributed by atoms with Crippen molar-refractivity contribution in [2.45, 2.75) is 0 Å². The molecule has 3 aromatic rings. The highest BCUT2D eigenvalue weighted by Gasteiger charge is 2.18. The number of furan rings is 1. The Hall–Kier alpha value is -3.02. The molecule has 3 rings (SSSR count). The topological polar surface area (TPSA) is 88.5 Å². The number of phenolic OH excluding ortho intramolecular Hbond substituents is 1. The van der Waals surface area contributed by atoms with Gasteiger partial charge in [-0.1, -0.05) is 6.07 Å². The van der Waals surface area contributed by atoms with Gasteiger partial charge in [-0.2, -0.15) is 5.10 Å². The predicted octanol–water partition coefficient (Wildman–Crippen LogP) is 2.54. The number of benzene rings is 1. The first-order valence-electron chi connectivity index (χ1n) is 5.82. The van der Waals surface area contributed by atoms with Crippen LogP contribution in [0.25, 0.3) is 17.1 Å². The van der Waals surface area contributed by atoms with E-state index in [9.17, 15) is 15.0 Å². The summed E-state index contributed by atoms with van der Waals surface area (Å²) in [4.78, 5) is 11.3. The predicted molar refractivity (Wildman–Crippen MR) is 69.9 cm³/mol. The number of aromatic hydroxyl groups is 1. The Kier molecular flexibility index (Phi) is 2.76. The molecule has 100 valence electrons. The zero-order chi connectivity index (χ0) is 14.1. The van der Waals surface area contributed by atoms with Gasteiger partial charge in [0.1, 0.15) is 11.4 Å². The van der Waals surface area contributed by atoms with E-state index in [2.05, 4.69) is 5.10 Å². The van der Waals surface area contributed by atoms with E-state index >= 15 is 0 Å². The minimum absolute atomic E-state index is 0.0120. The van der Waals surface area contributed by atoms with Crippen molar-refractivity contribution < 1.29 is 19.4 Å². The third kappa shape index (κ3) is 2.03. The number of hydrogen-bond acceptors (Lipinski definition) is 4. The molecule has 0 unspecified atom stereocenters. The number of carboxylic acids is 1. The van der Waals surface area contributed by atoms with Gasteiger partial charge in [-0.15, -0.1) is 0 Å². The van der Waals surface area contributed by atoms with Gasteiger partial charge in [0.05, 0.1) is 12.0 Å². The summed E-state index contributed by atoms with van der Waals surface area (Å²) >= 11 is 0. The van der Waals surface area contributed by atoms with Crippen molar-refractivity contribution in [1.82, 2.24) is 9.78 Å². The molecule has 20 heavy (non-hydrogen) atoms. The summed E-state index contributed by atoms with van der Waals surface area (Å²) < 4.78 is 6.46. The number of carbonyl (C=O) groups is 1. The molecule has 0 radical (unpaired) electrons. The number of nitrogens with zero attached hydrogens (tertiary/aromatic N) is 2. The summed E-state index contributed by atoms with van der Waals surface area (Å²) in [6.07, 6.45) is 1.49. The van der Waals surface area contributed by atoms with Gasteiger partial charge in [0.25, 0.3) is 0 Å². The largest absolute Gasteiger partial charge is 0.508 e. The van der Waals surface area contributed by atoms with Gasteiger partial charge in [-0.3, -0.25) is 0 Å². The SMILES string of the molecule is O=C(O)c1cc(-c2ccco2)nn1-c1cccc(O)c1. The van der Waals surface area contributed by atoms with E-state index in [1.54, 1.807) is 24.3 Å². The fourth-order valence-electron chi connectivity index (χ4n) is 1.90. The van der Waals surface area contributed by atoms with E-state index in [4.69, 9.17) is 4.42 Å². The van der Waals surface area contributed by atoms with E-state index in [0.29, 0.717) is 17.1 Å². The molecule has 2 N–H and O–H groups in total. The lowest BCUT2D eigenvalue weighted by molar-refractivity contribution is 0.0687. The van der Waals surface area contributed by atoms with Gasteiger partial charge in [0.2, 0.25) is 0 Å². The van der Waals surface area contributed by atoms with E-state index in [0.717, 1.165) is 0 Å². The van der Waals surface area contributed by atoms with E-state index in [-0.39, 0.29) is 11.4 Å². The van der Waals surface area contributed by atoms with Crippen LogP contribution >= 0.6 is 0 Å². The summed E-state index contributed by atoms with van der Waals surface area (Å²) in [6.45, 7) is 0. The highest BCUT2D eigenvalue weighted by Crippen LogP contribution is 2.23. The first kappa shape index (κ1) is 12.0. The standard InChI is InChI=1S/C14H10N2O4/c17-10-4-1-3-9(7-10)16-12(14(18)19)8-11(15-16)13-5-2-6-20-13/h1-8,17H,(H,18,19). The van der Waals surface area contributed by atoms with Crippen molar-refractivity contribution in [3.63, 3.8) is 0 Å². The lowest BCUT2D eigenvalue weighted by atomic mass is 10.3. The summed E-state index contributed by atoms with van der Waals surface area (Å²) in [5.41, 5.74) is 0.859. The van der Waals surface area contributed by atoms with Crippen LogP contribution in [0, 0.1) is 0 Å². The third-order valence-electron chi connectivity index (χ3n) is 2.78. The summed E-state index contributed by atoms with van der Waals surface area (Å²) in [7, 11) is 0. The summed E-state index contributed by atoms with van der Waals surface area (Å²) in [5, 5.41) is 23.0. The van der Waals surface area contributed by atoms with E-state index < -0.39 is 5.97 Å². The third-order valence-corrected chi connectivity index (χ3v) is 2.78. The normalized spacial score (nSPS) is 10.6. The van der Waals surface area contributed by atoms with Gasteiger partial charge in [0.15, 0.2) is 11.5 Å². The molecule has 0 aliphatic heterocycles. The number of rotatable bonds is 3. The molecule has 1 aromatic carbocycles. The fraction of sp³-hybridized carbons (Fsp3) is 0. The first-order chi connectivity index (χ1) is 9.65. The molecule has 0 aliphatic rings. The van der Waals surface area contributed by atoms with Gasteiger partial charge >= 0.3 is 5.97 Å². The Morgan fingerprint density at radius 3 is 2.70 bits per heavy atom. The number of carboxylic acid groups (broad SMARTS) is 1. The van der Waals surface area contributed by atoms with Crippen LogP contribution in [0.4, 0.5) is 0 Å². The van der Waals surface area contributed by atoms with Gasteiger partial charge in [-0.25, -0.2) is 9.48 Å². The average Bonchev–Trinajstić information content (AvgIpc) is 3.08. The number of hydrogen-bond donors (Lipinski definition) is 2. The van der Waals surface area contributed by atoms with Crippen LogP contribution in [-0.4, -0.2) is 26.0 Å². The molecular weight excluding hydrogens is 260 g/mol. The van der Waals surface area contributed by atoms with Crippen molar-refractivity contribution in [3.05, 3.63) is 54.4 Å². The number of aromatic nitrogens is 2.